The van der Waals surface area contributed by atoms with Crippen LogP contribution in [0.2, 0.25) is 10.0 Å². The molecule has 0 aliphatic carbocycles. The Morgan fingerprint density at radius 2 is 1.73 bits per heavy atom. The molecule has 0 aromatic heterocycles. The van der Waals surface area contributed by atoms with Crippen LogP contribution in [0.4, 0.5) is 0 Å². The summed E-state index contributed by atoms with van der Waals surface area (Å²) in [6, 6.07) is 14.3. The number of halogens is 2. The maximum atomic E-state index is 12.9. The van der Waals surface area contributed by atoms with E-state index in [4.69, 9.17) is 23.2 Å². The van der Waals surface area contributed by atoms with E-state index in [1.54, 1.807) is 6.07 Å². The van der Waals surface area contributed by atoms with Crippen molar-refractivity contribution in [3.05, 3.63) is 69.2 Å². The van der Waals surface area contributed by atoms with Crippen molar-refractivity contribution in [1.29, 1.82) is 0 Å². The minimum Gasteiger partial charge on any atom is -0.352 e. The van der Waals surface area contributed by atoms with Crippen molar-refractivity contribution >= 4 is 29.1 Å². The molecule has 2 aliphatic rings. The topological polar surface area (TPSA) is 35.6 Å². The van der Waals surface area contributed by atoms with Crippen LogP contribution in [0.1, 0.15) is 49.3 Å². The highest BCUT2D eigenvalue weighted by atomic mass is 35.5. The number of likely N-dealkylation sites (tertiary alicyclic amines) is 2. The maximum absolute atomic E-state index is 12.9. The number of rotatable bonds is 7. The van der Waals surface area contributed by atoms with Gasteiger partial charge < -0.3 is 5.32 Å². The Labute approximate surface area is 208 Å². The van der Waals surface area contributed by atoms with Gasteiger partial charge in [0, 0.05) is 42.8 Å². The van der Waals surface area contributed by atoms with Gasteiger partial charge in [-0.15, -0.1) is 0 Å². The molecule has 2 aromatic rings. The summed E-state index contributed by atoms with van der Waals surface area (Å²) >= 11 is 12.4. The highest BCUT2D eigenvalue weighted by molar-refractivity contribution is 6.35. The normalized spacial score (nSPS) is 22.3. The van der Waals surface area contributed by atoms with Crippen LogP contribution in [0, 0.1) is 11.8 Å². The lowest BCUT2D eigenvalue weighted by molar-refractivity contribution is -0.126. The fourth-order valence-corrected chi connectivity index (χ4v) is 5.63. The second kappa shape index (κ2) is 11.7. The largest absolute Gasteiger partial charge is 0.352 e. The first kappa shape index (κ1) is 24.5. The average molecular weight is 489 g/mol. The first-order valence-corrected chi connectivity index (χ1v) is 13.0. The first-order valence-electron chi connectivity index (χ1n) is 12.2. The standard InChI is InChI=1S/C27H35Cl2N3O/c1-20-5-3-11-31(16-20)17-22-7-2-6-21(13-22)15-30-27(33)24-8-4-12-32(19-24)18-23-9-10-25(28)14-26(23)29/h2,6-7,9-10,13-14,20,24H,3-5,8,11-12,15-19H2,1H3,(H,30,33). The predicted molar refractivity (Wildman–Crippen MR) is 136 cm³/mol. The summed E-state index contributed by atoms with van der Waals surface area (Å²) in [6.45, 7) is 8.79. The number of carbonyl (C=O) groups excluding carboxylic acids is 1. The lowest BCUT2D eigenvalue weighted by atomic mass is 9.96. The van der Waals surface area contributed by atoms with Crippen molar-refractivity contribution in [3.8, 4) is 0 Å². The van der Waals surface area contributed by atoms with Crippen molar-refractivity contribution in [3.63, 3.8) is 0 Å². The van der Waals surface area contributed by atoms with E-state index in [2.05, 4.69) is 46.3 Å². The number of hydrogen-bond acceptors (Lipinski definition) is 3. The third-order valence-electron chi connectivity index (χ3n) is 6.89. The lowest BCUT2D eigenvalue weighted by Crippen LogP contribution is -2.42. The summed E-state index contributed by atoms with van der Waals surface area (Å²) < 4.78 is 0. The molecule has 178 valence electrons. The molecule has 1 amide bonds. The number of amides is 1. The van der Waals surface area contributed by atoms with Gasteiger partial charge in [0.25, 0.3) is 0 Å². The Morgan fingerprint density at radius 3 is 2.52 bits per heavy atom. The average Bonchev–Trinajstić information content (AvgIpc) is 2.80. The van der Waals surface area contributed by atoms with Crippen LogP contribution in [0.15, 0.2) is 42.5 Å². The summed E-state index contributed by atoms with van der Waals surface area (Å²) in [6.07, 6.45) is 4.59. The molecule has 0 spiro atoms. The number of carbonyl (C=O) groups is 1. The van der Waals surface area contributed by atoms with Crippen molar-refractivity contribution in [2.24, 2.45) is 11.8 Å². The lowest BCUT2D eigenvalue weighted by Gasteiger charge is -2.32. The van der Waals surface area contributed by atoms with Crippen LogP contribution in [0.3, 0.4) is 0 Å². The molecular formula is C27H35Cl2N3O. The Bertz CT molecular complexity index is 951. The Balaban J connectivity index is 1.27. The van der Waals surface area contributed by atoms with Crippen molar-refractivity contribution in [1.82, 2.24) is 15.1 Å². The molecule has 33 heavy (non-hydrogen) atoms. The van der Waals surface area contributed by atoms with E-state index in [-0.39, 0.29) is 11.8 Å². The molecule has 4 nitrogen and oxygen atoms in total. The fourth-order valence-electron chi connectivity index (χ4n) is 5.16. The smallest absolute Gasteiger partial charge is 0.224 e. The molecule has 2 heterocycles. The Kier molecular flexibility index (Phi) is 8.70. The van der Waals surface area contributed by atoms with E-state index in [9.17, 15) is 4.79 Å². The van der Waals surface area contributed by atoms with Crippen LogP contribution in [-0.4, -0.2) is 41.9 Å². The van der Waals surface area contributed by atoms with Gasteiger partial charge in [-0.3, -0.25) is 14.6 Å². The van der Waals surface area contributed by atoms with E-state index in [1.165, 1.54) is 37.1 Å². The third kappa shape index (κ3) is 7.19. The zero-order valence-electron chi connectivity index (χ0n) is 19.5. The molecule has 2 unspecified atom stereocenters. The third-order valence-corrected chi connectivity index (χ3v) is 7.48. The summed E-state index contributed by atoms with van der Waals surface area (Å²) in [4.78, 5) is 17.8. The molecule has 0 radical (unpaired) electrons. The maximum Gasteiger partial charge on any atom is 0.224 e. The number of piperidine rings is 2. The Hall–Kier alpha value is -1.59. The van der Waals surface area contributed by atoms with Crippen LogP contribution in [0.5, 0.6) is 0 Å². The molecule has 2 aromatic carbocycles. The predicted octanol–water partition coefficient (Wildman–Crippen LogP) is 5.75. The minimum absolute atomic E-state index is 0.0165. The molecule has 6 heteroatoms. The van der Waals surface area contributed by atoms with Gasteiger partial charge in [0.05, 0.1) is 5.92 Å². The number of benzene rings is 2. The molecule has 2 fully saturated rings. The highest BCUT2D eigenvalue weighted by Gasteiger charge is 2.26. The van der Waals surface area contributed by atoms with E-state index in [0.29, 0.717) is 16.6 Å². The van der Waals surface area contributed by atoms with Gasteiger partial charge in [0.1, 0.15) is 0 Å². The van der Waals surface area contributed by atoms with Crippen molar-refractivity contribution in [2.75, 3.05) is 26.2 Å². The van der Waals surface area contributed by atoms with Gasteiger partial charge in [-0.05, 0) is 73.5 Å². The van der Waals surface area contributed by atoms with Gasteiger partial charge in [-0.2, -0.15) is 0 Å². The Morgan fingerprint density at radius 1 is 0.970 bits per heavy atom. The quantitative estimate of drug-likeness (QED) is 0.539. The van der Waals surface area contributed by atoms with E-state index in [0.717, 1.165) is 50.5 Å². The van der Waals surface area contributed by atoms with E-state index in [1.807, 2.05) is 12.1 Å². The van der Waals surface area contributed by atoms with Crippen LogP contribution >= 0.6 is 23.2 Å². The first-order chi connectivity index (χ1) is 16.0. The summed E-state index contributed by atoms with van der Waals surface area (Å²) in [5, 5.41) is 4.52. The number of nitrogens with one attached hydrogen (secondary N) is 1. The molecular weight excluding hydrogens is 453 g/mol. The van der Waals surface area contributed by atoms with Crippen LogP contribution in [0.25, 0.3) is 0 Å². The van der Waals surface area contributed by atoms with E-state index < -0.39 is 0 Å². The molecule has 1 N–H and O–H groups in total. The minimum atomic E-state index is 0.0165. The van der Waals surface area contributed by atoms with Crippen molar-refractivity contribution < 1.29 is 4.79 Å². The summed E-state index contributed by atoms with van der Waals surface area (Å²) in [7, 11) is 0. The van der Waals surface area contributed by atoms with Crippen LogP contribution in [-0.2, 0) is 24.4 Å². The summed E-state index contributed by atoms with van der Waals surface area (Å²) in [5.74, 6) is 0.951. The fraction of sp³-hybridized carbons (Fsp3) is 0.519. The molecule has 2 atom stereocenters. The second-order valence-corrected chi connectivity index (χ2v) is 10.7. The summed E-state index contributed by atoms with van der Waals surface area (Å²) in [5.41, 5.74) is 3.56. The van der Waals surface area contributed by atoms with Gasteiger partial charge >= 0.3 is 0 Å². The van der Waals surface area contributed by atoms with Gasteiger partial charge in [-0.1, -0.05) is 60.5 Å². The van der Waals surface area contributed by atoms with Gasteiger partial charge in [0.2, 0.25) is 5.91 Å². The van der Waals surface area contributed by atoms with Crippen molar-refractivity contribution in [2.45, 2.75) is 52.2 Å². The highest BCUT2D eigenvalue weighted by Crippen LogP contribution is 2.25. The molecule has 2 saturated heterocycles. The van der Waals surface area contributed by atoms with E-state index >= 15 is 0 Å². The number of hydrogen-bond donors (Lipinski definition) is 1. The zero-order valence-corrected chi connectivity index (χ0v) is 21.0. The second-order valence-electron chi connectivity index (χ2n) is 9.83. The molecule has 4 rings (SSSR count). The zero-order chi connectivity index (χ0) is 23.2. The molecule has 0 bridgehead atoms. The molecule has 2 aliphatic heterocycles. The number of nitrogens with zero attached hydrogens (tertiary/aromatic N) is 2. The molecule has 0 saturated carbocycles. The van der Waals surface area contributed by atoms with Gasteiger partial charge in [-0.25, -0.2) is 0 Å². The monoisotopic (exact) mass is 487 g/mol. The van der Waals surface area contributed by atoms with Crippen LogP contribution < -0.4 is 5.32 Å². The van der Waals surface area contributed by atoms with Gasteiger partial charge in [0.15, 0.2) is 0 Å². The SMILES string of the molecule is CC1CCCN(Cc2cccc(CNC(=O)C3CCCN(Cc4ccc(Cl)cc4Cl)C3)c2)C1.